The van der Waals surface area contributed by atoms with Crippen LogP contribution in [-0.4, -0.2) is 85.7 Å². The molecule has 0 atom stereocenters. The number of hydrogen-bond donors (Lipinski definition) is 2. The predicted octanol–water partition coefficient (Wildman–Crippen LogP) is 0.450. The molecule has 0 amide bonds. The van der Waals surface area contributed by atoms with Crippen LogP contribution in [0.3, 0.4) is 0 Å². The molecule has 0 radical (unpaired) electrons. The van der Waals surface area contributed by atoms with Crippen LogP contribution in [0.5, 0.6) is 11.8 Å². The van der Waals surface area contributed by atoms with Gasteiger partial charge in [0, 0.05) is 12.1 Å². The van der Waals surface area contributed by atoms with Crippen molar-refractivity contribution in [1.29, 1.82) is 0 Å². The smallest absolute Gasteiger partial charge is 0.271 e. The van der Waals surface area contributed by atoms with Crippen LogP contribution in [0, 0.1) is 0 Å². The topological polar surface area (TPSA) is 173 Å². The van der Waals surface area contributed by atoms with Gasteiger partial charge in [-0.15, -0.1) is 0 Å². The minimum atomic E-state index is -0.748. The van der Waals surface area contributed by atoms with E-state index < -0.39 is 17.4 Å². The number of nitrogens with zero attached hydrogens (tertiary/aromatic N) is 6. The molecule has 5 heterocycles. The molecule has 14 heteroatoms. The molecule has 0 saturated carbocycles. The second-order valence-electron chi connectivity index (χ2n) is 9.02. The molecular formula is C25H30N6O8. The summed E-state index contributed by atoms with van der Waals surface area (Å²) in [5.41, 5.74) is 1.19. The first-order chi connectivity index (χ1) is 18.7. The van der Waals surface area contributed by atoms with Crippen molar-refractivity contribution in [1.82, 2.24) is 29.1 Å². The summed E-state index contributed by atoms with van der Waals surface area (Å²) in [4.78, 5) is 40.5. The monoisotopic (exact) mass is 542 g/mol. The van der Waals surface area contributed by atoms with Gasteiger partial charge in [-0.1, -0.05) is 0 Å². The van der Waals surface area contributed by atoms with Crippen molar-refractivity contribution < 1.29 is 29.2 Å². The molecule has 1 aliphatic rings. The zero-order valence-corrected chi connectivity index (χ0v) is 22.0. The Hall–Kier alpha value is -3.98. The number of ether oxygens (including phenoxy) is 4. The summed E-state index contributed by atoms with van der Waals surface area (Å²) in [5.74, 6) is 0.133. The maximum Gasteiger partial charge on any atom is 0.271 e. The van der Waals surface area contributed by atoms with Crippen molar-refractivity contribution in [2.45, 2.75) is 31.7 Å². The normalized spacial score (nSPS) is 15.3. The lowest BCUT2D eigenvalue weighted by atomic mass is 10.2. The molecule has 0 bridgehead atoms. The van der Waals surface area contributed by atoms with E-state index in [4.69, 9.17) is 18.9 Å². The van der Waals surface area contributed by atoms with Crippen molar-refractivity contribution in [3.8, 4) is 11.8 Å². The molecule has 0 spiro atoms. The summed E-state index contributed by atoms with van der Waals surface area (Å²) < 4.78 is 24.1. The van der Waals surface area contributed by atoms with E-state index in [1.807, 2.05) is 13.8 Å². The minimum Gasteiger partial charge on any atom is -0.481 e. The molecule has 2 N–H and O–H groups in total. The quantitative estimate of drug-likeness (QED) is 0.345. The van der Waals surface area contributed by atoms with E-state index in [9.17, 15) is 19.8 Å². The second kappa shape index (κ2) is 11.8. The van der Waals surface area contributed by atoms with E-state index in [0.717, 1.165) is 6.20 Å². The van der Waals surface area contributed by atoms with E-state index in [1.54, 1.807) is 28.8 Å². The van der Waals surface area contributed by atoms with Gasteiger partial charge in [-0.05, 0) is 26.0 Å². The SMILES string of the molecule is COc1ccc2ncc(=O)n(C(CO)CO)c2n1.COc1ccc2ncc(=O)n(C3COC(C)(C)OC3)c2n1. The first kappa shape index (κ1) is 28.0. The van der Waals surface area contributed by atoms with Crippen LogP contribution >= 0.6 is 0 Å². The van der Waals surface area contributed by atoms with Gasteiger partial charge in [-0.25, -0.2) is 9.97 Å². The summed E-state index contributed by atoms with van der Waals surface area (Å²) >= 11 is 0. The minimum absolute atomic E-state index is 0.236. The highest BCUT2D eigenvalue weighted by Gasteiger charge is 2.30. The van der Waals surface area contributed by atoms with Gasteiger partial charge in [0.05, 0.1) is 65.1 Å². The highest BCUT2D eigenvalue weighted by molar-refractivity contribution is 5.71. The van der Waals surface area contributed by atoms with Gasteiger partial charge >= 0.3 is 0 Å². The molecule has 208 valence electrons. The third-order valence-electron chi connectivity index (χ3n) is 6.03. The Morgan fingerprint density at radius 2 is 1.41 bits per heavy atom. The van der Waals surface area contributed by atoms with Crippen molar-refractivity contribution in [2.24, 2.45) is 0 Å². The lowest BCUT2D eigenvalue weighted by molar-refractivity contribution is -0.258. The van der Waals surface area contributed by atoms with Gasteiger partial charge in [0.1, 0.15) is 11.0 Å². The zero-order chi connectivity index (χ0) is 28.2. The Labute approximate surface area is 222 Å². The summed E-state index contributed by atoms with van der Waals surface area (Å²) in [6.07, 6.45) is 2.42. The summed E-state index contributed by atoms with van der Waals surface area (Å²) in [6, 6.07) is 5.77. The summed E-state index contributed by atoms with van der Waals surface area (Å²) in [6.45, 7) is 3.72. The number of fused-ring (bicyclic) bond motifs is 2. The molecule has 1 aliphatic heterocycles. The van der Waals surface area contributed by atoms with E-state index in [0.29, 0.717) is 41.7 Å². The van der Waals surface area contributed by atoms with Crippen LogP contribution in [0.15, 0.2) is 46.2 Å². The average molecular weight is 543 g/mol. The maximum atomic E-state index is 12.2. The number of pyridine rings is 2. The lowest BCUT2D eigenvalue weighted by Crippen LogP contribution is -2.43. The van der Waals surface area contributed by atoms with Crippen LogP contribution in [0.4, 0.5) is 0 Å². The number of hydrogen-bond acceptors (Lipinski definition) is 12. The molecule has 39 heavy (non-hydrogen) atoms. The number of aliphatic hydroxyl groups excluding tert-OH is 2. The van der Waals surface area contributed by atoms with Crippen molar-refractivity contribution in [3.63, 3.8) is 0 Å². The molecule has 0 aromatic carbocycles. The Kier molecular flexibility index (Phi) is 8.50. The number of aliphatic hydroxyl groups is 2. The van der Waals surface area contributed by atoms with Gasteiger partial charge in [-0.2, -0.15) is 9.97 Å². The second-order valence-corrected chi connectivity index (χ2v) is 9.02. The first-order valence-electron chi connectivity index (χ1n) is 12.1. The molecule has 0 unspecified atom stereocenters. The fraction of sp³-hybridized carbons (Fsp3) is 0.440. The fourth-order valence-electron chi connectivity index (χ4n) is 3.97. The van der Waals surface area contributed by atoms with Crippen molar-refractivity contribution in [2.75, 3.05) is 40.6 Å². The lowest BCUT2D eigenvalue weighted by Gasteiger charge is -2.35. The van der Waals surface area contributed by atoms with Crippen LogP contribution in [0.2, 0.25) is 0 Å². The third-order valence-corrected chi connectivity index (χ3v) is 6.03. The predicted molar refractivity (Wildman–Crippen MR) is 139 cm³/mol. The fourth-order valence-corrected chi connectivity index (χ4v) is 3.97. The first-order valence-corrected chi connectivity index (χ1v) is 12.1. The summed E-state index contributed by atoms with van der Waals surface area (Å²) in [7, 11) is 2.99. The Morgan fingerprint density at radius 1 is 0.897 bits per heavy atom. The maximum absolute atomic E-state index is 12.2. The van der Waals surface area contributed by atoms with Gasteiger partial charge in [0.2, 0.25) is 11.8 Å². The van der Waals surface area contributed by atoms with E-state index in [-0.39, 0.29) is 30.5 Å². The molecule has 4 aromatic rings. The largest absolute Gasteiger partial charge is 0.481 e. The van der Waals surface area contributed by atoms with Crippen LogP contribution in [0.1, 0.15) is 25.9 Å². The number of aromatic nitrogens is 6. The van der Waals surface area contributed by atoms with Crippen molar-refractivity contribution in [3.05, 3.63) is 57.4 Å². The Morgan fingerprint density at radius 3 is 1.95 bits per heavy atom. The molecule has 5 rings (SSSR count). The van der Waals surface area contributed by atoms with Gasteiger partial charge in [0.25, 0.3) is 11.1 Å². The highest BCUT2D eigenvalue weighted by atomic mass is 16.7. The zero-order valence-electron chi connectivity index (χ0n) is 22.0. The van der Waals surface area contributed by atoms with E-state index in [2.05, 4.69) is 19.9 Å². The summed E-state index contributed by atoms with van der Waals surface area (Å²) in [5, 5.41) is 18.4. The van der Waals surface area contributed by atoms with Gasteiger partial charge in [0.15, 0.2) is 17.1 Å². The van der Waals surface area contributed by atoms with Crippen molar-refractivity contribution >= 4 is 22.3 Å². The number of methoxy groups -OCH3 is 2. The number of rotatable bonds is 6. The molecule has 0 aliphatic carbocycles. The Bertz CT molecular complexity index is 1560. The Balaban J connectivity index is 0.000000183. The van der Waals surface area contributed by atoms with E-state index in [1.165, 1.54) is 25.0 Å². The van der Waals surface area contributed by atoms with Crippen LogP contribution in [0.25, 0.3) is 22.3 Å². The van der Waals surface area contributed by atoms with Gasteiger partial charge < -0.3 is 29.2 Å². The molecular weight excluding hydrogens is 512 g/mol. The van der Waals surface area contributed by atoms with Crippen LogP contribution < -0.4 is 20.6 Å². The van der Waals surface area contributed by atoms with Gasteiger partial charge in [-0.3, -0.25) is 18.7 Å². The third kappa shape index (κ3) is 6.04. The molecule has 1 fully saturated rings. The van der Waals surface area contributed by atoms with Crippen LogP contribution in [-0.2, 0) is 9.47 Å². The molecule has 1 saturated heterocycles. The molecule has 4 aromatic heterocycles. The molecule has 14 nitrogen and oxygen atoms in total. The van der Waals surface area contributed by atoms with E-state index >= 15 is 0 Å². The average Bonchev–Trinajstić information content (AvgIpc) is 2.95. The highest BCUT2D eigenvalue weighted by Crippen LogP contribution is 2.25. The standard InChI is InChI=1S/C14H17N3O4.C11H13N3O4/c1-14(2)20-7-9(8-21-14)17-12(18)6-15-10-4-5-11(19-3)16-13(10)17;1-18-9-3-2-8-11(13-9)14(7(5-15)6-16)10(17)4-12-8/h4-6,9H,7-8H2,1-3H3;2-4,7,15-16H,5-6H2,1H3.